The van der Waals surface area contributed by atoms with Gasteiger partial charge in [0.1, 0.15) is 0 Å². The SMILES string of the molecule is Cc1cscc1CNC(=O)NC(C)CCC(=O)O. The fraction of sp³-hybridized carbons (Fsp3) is 0.500. The lowest BCUT2D eigenvalue weighted by Crippen LogP contribution is -2.40. The van der Waals surface area contributed by atoms with Crippen LogP contribution in [0.4, 0.5) is 4.79 Å². The van der Waals surface area contributed by atoms with Gasteiger partial charge >= 0.3 is 12.0 Å². The van der Waals surface area contributed by atoms with Gasteiger partial charge in [-0.3, -0.25) is 4.79 Å². The number of carboxylic acid groups (broad SMARTS) is 1. The quantitative estimate of drug-likeness (QED) is 0.740. The normalized spacial score (nSPS) is 11.9. The third-order valence-corrected chi connectivity index (χ3v) is 3.48. The minimum absolute atomic E-state index is 0.0606. The molecule has 1 atom stereocenters. The van der Waals surface area contributed by atoms with Crippen LogP contribution in [0.15, 0.2) is 10.8 Å². The minimum atomic E-state index is -0.849. The molecule has 100 valence electrons. The van der Waals surface area contributed by atoms with Gasteiger partial charge in [-0.1, -0.05) is 0 Å². The topological polar surface area (TPSA) is 78.4 Å². The Morgan fingerprint density at radius 1 is 1.44 bits per heavy atom. The molecule has 1 aromatic heterocycles. The highest BCUT2D eigenvalue weighted by atomic mass is 32.1. The standard InChI is InChI=1S/C12H18N2O3S/c1-8-6-18-7-10(8)5-13-12(17)14-9(2)3-4-11(15)16/h6-7,9H,3-5H2,1-2H3,(H,15,16)(H2,13,14,17). The molecule has 1 rings (SSSR count). The maximum atomic E-state index is 11.5. The van der Waals surface area contributed by atoms with Crippen molar-refractivity contribution in [3.05, 3.63) is 21.9 Å². The van der Waals surface area contributed by atoms with Crippen LogP contribution >= 0.6 is 11.3 Å². The number of aliphatic carboxylic acids is 1. The number of nitrogens with one attached hydrogen (secondary N) is 2. The van der Waals surface area contributed by atoms with E-state index >= 15 is 0 Å². The van der Waals surface area contributed by atoms with Gasteiger partial charge in [-0.15, -0.1) is 0 Å². The van der Waals surface area contributed by atoms with Crippen LogP contribution in [-0.2, 0) is 11.3 Å². The number of amides is 2. The Morgan fingerprint density at radius 3 is 2.72 bits per heavy atom. The van der Waals surface area contributed by atoms with Gasteiger partial charge in [0, 0.05) is 19.0 Å². The Balaban J connectivity index is 2.25. The van der Waals surface area contributed by atoms with E-state index in [1.165, 1.54) is 5.56 Å². The predicted octanol–water partition coefficient (Wildman–Crippen LogP) is 2.11. The largest absolute Gasteiger partial charge is 0.481 e. The molecule has 3 N–H and O–H groups in total. The Morgan fingerprint density at radius 2 is 2.17 bits per heavy atom. The van der Waals surface area contributed by atoms with Crippen LogP contribution in [0.1, 0.15) is 30.9 Å². The van der Waals surface area contributed by atoms with Crippen molar-refractivity contribution < 1.29 is 14.7 Å². The molecule has 1 heterocycles. The zero-order valence-electron chi connectivity index (χ0n) is 10.5. The molecule has 0 aliphatic carbocycles. The summed E-state index contributed by atoms with van der Waals surface area (Å²) >= 11 is 1.61. The second-order valence-corrected chi connectivity index (χ2v) is 4.98. The van der Waals surface area contributed by atoms with Crippen LogP contribution in [0, 0.1) is 6.92 Å². The van der Waals surface area contributed by atoms with Crippen molar-refractivity contribution in [1.29, 1.82) is 0 Å². The van der Waals surface area contributed by atoms with Crippen LogP contribution in [0.5, 0.6) is 0 Å². The van der Waals surface area contributed by atoms with Gasteiger partial charge < -0.3 is 15.7 Å². The molecule has 1 aromatic rings. The first-order valence-electron chi connectivity index (χ1n) is 5.77. The monoisotopic (exact) mass is 270 g/mol. The molecule has 2 amide bonds. The van der Waals surface area contributed by atoms with Crippen LogP contribution in [0.3, 0.4) is 0 Å². The van der Waals surface area contributed by atoms with Gasteiger partial charge in [0.05, 0.1) is 0 Å². The summed E-state index contributed by atoms with van der Waals surface area (Å²) in [5, 5.41) is 18.0. The average molecular weight is 270 g/mol. The molecule has 1 unspecified atom stereocenters. The van der Waals surface area contributed by atoms with Crippen LogP contribution in [-0.4, -0.2) is 23.1 Å². The van der Waals surface area contributed by atoms with E-state index in [-0.39, 0.29) is 18.5 Å². The highest BCUT2D eigenvalue weighted by Crippen LogP contribution is 2.12. The summed E-state index contributed by atoms with van der Waals surface area (Å²) in [5.41, 5.74) is 2.27. The second-order valence-electron chi connectivity index (χ2n) is 4.24. The van der Waals surface area contributed by atoms with E-state index in [0.717, 1.165) is 5.56 Å². The third-order valence-electron chi connectivity index (χ3n) is 2.57. The third kappa shape index (κ3) is 5.18. The molecule has 6 heteroatoms. The molecule has 0 saturated heterocycles. The number of thiophene rings is 1. The van der Waals surface area contributed by atoms with Crippen LogP contribution in [0.2, 0.25) is 0 Å². The van der Waals surface area contributed by atoms with Gasteiger partial charge in [-0.2, -0.15) is 11.3 Å². The van der Waals surface area contributed by atoms with Crippen molar-refractivity contribution in [2.75, 3.05) is 0 Å². The molecule has 18 heavy (non-hydrogen) atoms. The molecule has 0 radical (unpaired) electrons. The smallest absolute Gasteiger partial charge is 0.315 e. The molecule has 0 saturated carbocycles. The van der Waals surface area contributed by atoms with E-state index in [4.69, 9.17) is 5.11 Å². The average Bonchev–Trinajstić information content (AvgIpc) is 2.69. The summed E-state index contributed by atoms with van der Waals surface area (Å²) in [4.78, 5) is 21.9. The van der Waals surface area contributed by atoms with Gasteiger partial charge in [0.15, 0.2) is 0 Å². The maximum absolute atomic E-state index is 11.5. The lowest BCUT2D eigenvalue weighted by Gasteiger charge is -2.13. The number of urea groups is 1. The van der Waals surface area contributed by atoms with E-state index in [0.29, 0.717) is 13.0 Å². The molecule has 0 fully saturated rings. The lowest BCUT2D eigenvalue weighted by atomic mass is 10.2. The molecule has 0 bridgehead atoms. The van der Waals surface area contributed by atoms with E-state index in [9.17, 15) is 9.59 Å². The fourth-order valence-corrected chi connectivity index (χ4v) is 2.29. The zero-order valence-corrected chi connectivity index (χ0v) is 11.3. The number of carboxylic acids is 1. The molecule has 5 nitrogen and oxygen atoms in total. The Bertz CT molecular complexity index is 417. The number of hydrogen-bond donors (Lipinski definition) is 3. The molecule has 0 aliphatic rings. The lowest BCUT2D eigenvalue weighted by molar-refractivity contribution is -0.137. The molecule has 0 spiro atoms. The summed E-state index contributed by atoms with van der Waals surface area (Å²) in [6.07, 6.45) is 0.491. The predicted molar refractivity (Wildman–Crippen MR) is 70.8 cm³/mol. The van der Waals surface area contributed by atoms with E-state index in [1.807, 2.05) is 17.7 Å². The first-order valence-corrected chi connectivity index (χ1v) is 6.71. The fourth-order valence-electron chi connectivity index (χ4n) is 1.43. The van der Waals surface area contributed by atoms with Gasteiger partial charge in [-0.25, -0.2) is 4.79 Å². The van der Waals surface area contributed by atoms with E-state index in [2.05, 4.69) is 10.6 Å². The van der Waals surface area contributed by atoms with Crippen LogP contribution in [0.25, 0.3) is 0 Å². The Kier molecular flexibility index (Phi) is 5.64. The molecule has 0 aliphatic heterocycles. The summed E-state index contributed by atoms with van der Waals surface area (Å²) in [7, 11) is 0. The highest BCUT2D eigenvalue weighted by Gasteiger charge is 2.09. The molecular formula is C12H18N2O3S. The second kappa shape index (κ2) is 7.00. The van der Waals surface area contributed by atoms with Gasteiger partial charge in [-0.05, 0) is 42.2 Å². The van der Waals surface area contributed by atoms with Crippen molar-refractivity contribution >= 4 is 23.3 Å². The van der Waals surface area contributed by atoms with Crippen LogP contribution < -0.4 is 10.6 Å². The number of rotatable bonds is 6. The minimum Gasteiger partial charge on any atom is -0.481 e. The molecule has 0 aromatic carbocycles. The first kappa shape index (κ1) is 14.5. The van der Waals surface area contributed by atoms with E-state index < -0.39 is 5.97 Å². The number of carbonyl (C=O) groups excluding carboxylic acids is 1. The Hall–Kier alpha value is -1.56. The summed E-state index contributed by atoms with van der Waals surface area (Å²) in [6.45, 7) is 4.28. The summed E-state index contributed by atoms with van der Waals surface area (Å²) in [5.74, 6) is -0.849. The van der Waals surface area contributed by atoms with Crippen molar-refractivity contribution in [2.24, 2.45) is 0 Å². The van der Waals surface area contributed by atoms with Gasteiger partial charge in [0.2, 0.25) is 0 Å². The Labute approximate surface area is 110 Å². The summed E-state index contributed by atoms with van der Waals surface area (Å²) in [6, 6.07) is -0.414. The van der Waals surface area contributed by atoms with Crippen molar-refractivity contribution in [1.82, 2.24) is 10.6 Å². The van der Waals surface area contributed by atoms with Crippen molar-refractivity contribution in [3.8, 4) is 0 Å². The molecular weight excluding hydrogens is 252 g/mol. The van der Waals surface area contributed by atoms with E-state index in [1.54, 1.807) is 18.3 Å². The highest BCUT2D eigenvalue weighted by molar-refractivity contribution is 7.08. The maximum Gasteiger partial charge on any atom is 0.315 e. The number of hydrogen-bond acceptors (Lipinski definition) is 3. The zero-order chi connectivity index (χ0) is 13.5. The first-order chi connectivity index (χ1) is 8.49. The van der Waals surface area contributed by atoms with Crippen molar-refractivity contribution in [3.63, 3.8) is 0 Å². The number of aryl methyl sites for hydroxylation is 1. The summed E-state index contributed by atoms with van der Waals surface area (Å²) < 4.78 is 0. The van der Waals surface area contributed by atoms with Crippen molar-refractivity contribution in [2.45, 2.75) is 39.3 Å². The number of carbonyl (C=O) groups is 2. The van der Waals surface area contributed by atoms with Gasteiger partial charge in [0.25, 0.3) is 0 Å².